The Morgan fingerprint density at radius 3 is 2.34 bits per heavy atom. The van der Waals surface area contributed by atoms with Crippen LogP contribution in [0.5, 0.6) is 0 Å². The van der Waals surface area contributed by atoms with E-state index in [1.807, 2.05) is 0 Å². The molecule has 0 unspecified atom stereocenters. The molecule has 2 N–H and O–H groups in total. The van der Waals surface area contributed by atoms with Crippen molar-refractivity contribution in [2.45, 2.75) is 123 Å². The molecule has 0 heterocycles. The molecule has 4 rings (SSSR count). The van der Waals surface area contributed by atoms with E-state index in [-0.39, 0.29) is 11.5 Å². The SMILES string of the molecule is CC(C)CCC[C@H](C)[C@H]1CC[C@H]2[C@@H]3CC[C@@]4(O)C[C@@H](O)CC[C@]4(C)[C@H]3CC[C@]12C. The maximum atomic E-state index is 11.6. The second kappa shape index (κ2) is 7.80. The standard InChI is InChI=1S/C27H48O2/c1-18(2)7-6-8-19(3)22-9-10-23-21-12-16-27(29)17-20(28)11-15-26(27,5)24(21)13-14-25(22,23)4/h18-24,28-29H,6-17H2,1-5H3/t19-,20-,21-,22+,23-,24-,25+,26+,27+/m0/s1. The lowest BCUT2D eigenvalue weighted by atomic mass is 9.43. The molecular weight excluding hydrogens is 356 g/mol. The Labute approximate surface area is 180 Å². The number of hydrogen-bond acceptors (Lipinski definition) is 2. The second-order valence-electron chi connectivity index (χ2n) is 12.8. The van der Waals surface area contributed by atoms with Crippen LogP contribution < -0.4 is 0 Å². The van der Waals surface area contributed by atoms with E-state index in [0.29, 0.717) is 17.8 Å². The highest BCUT2D eigenvalue weighted by molar-refractivity contribution is 5.14. The van der Waals surface area contributed by atoms with Gasteiger partial charge in [-0.2, -0.15) is 0 Å². The summed E-state index contributed by atoms with van der Waals surface area (Å²) in [5, 5.41) is 21.8. The van der Waals surface area contributed by atoms with Crippen LogP contribution in [0.2, 0.25) is 0 Å². The van der Waals surface area contributed by atoms with Gasteiger partial charge >= 0.3 is 0 Å². The molecule has 4 aliphatic rings. The maximum absolute atomic E-state index is 11.6. The predicted molar refractivity (Wildman–Crippen MR) is 121 cm³/mol. The van der Waals surface area contributed by atoms with Crippen molar-refractivity contribution in [1.29, 1.82) is 0 Å². The van der Waals surface area contributed by atoms with Crippen molar-refractivity contribution in [3.05, 3.63) is 0 Å². The zero-order valence-corrected chi connectivity index (χ0v) is 19.9. The molecule has 9 atom stereocenters. The van der Waals surface area contributed by atoms with Crippen LogP contribution in [0.1, 0.15) is 112 Å². The fourth-order valence-corrected chi connectivity index (χ4v) is 9.25. The van der Waals surface area contributed by atoms with E-state index in [4.69, 9.17) is 0 Å². The van der Waals surface area contributed by atoms with Crippen LogP contribution in [0.3, 0.4) is 0 Å². The minimum absolute atomic E-state index is 0.0252. The summed E-state index contributed by atoms with van der Waals surface area (Å²) in [4.78, 5) is 0. The monoisotopic (exact) mass is 404 g/mol. The fourth-order valence-electron chi connectivity index (χ4n) is 9.25. The molecule has 168 valence electrons. The van der Waals surface area contributed by atoms with Crippen molar-refractivity contribution in [2.75, 3.05) is 0 Å². The zero-order chi connectivity index (χ0) is 21.0. The van der Waals surface area contributed by atoms with Gasteiger partial charge in [0.2, 0.25) is 0 Å². The van der Waals surface area contributed by atoms with Crippen molar-refractivity contribution in [2.24, 2.45) is 46.3 Å². The molecule has 4 fully saturated rings. The highest BCUT2D eigenvalue weighted by atomic mass is 16.3. The first-order valence-electron chi connectivity index (χ1n) is 13.0. The molecule has 29 heavy (non-hydrogen) atoms. The summed E-state index contributed by atoms with van der Waals surface area (Å²) in [6.07, 6.45) is 14.1. The Balaban J connectivity index is 1.49. The number of rotatable bonds is 5. The number of hydrogen-bond donors (Lipinski definition) is 2. The lowest BCUT2D eigenvalue weighted by Crippen LogP contribution is -2.62. The molecule has 4 saturated carbocycles. The number of aliphatic hydroxyl groups excluding tert-OH is 1. The van der Waals surface area contributed by atoms with Crippen molar-refractivity contribution < 1.29 is 10.2 Å². The first-order valence-corrected chi connectivity index (χ1v) is 13.0. The van der Waals surface area contributed by atoms with Gasteiger partial charge in [-0.1, -0.05) is 53.9 Å². The zero-order valence-electron chi connectivity index (χ0n) is 19.9. The third-order valence-electron chi connectivity index (χ3n) is 11.0. The molecule has 0 aliphatic heterocycles. The van der Waals surface area contributed by atoms with E-state index in [2.05, 4.69) is 34.6 Å². The van der Waals surface area contributed by atoms with Gasteiger partial charge in [-0.05, 0) is 97.7 Å². The maximum Gasteiger partial charge on any atom is 0.0728 e. The smallest absolute Gasteiger partial charge is 0.0728 e. The average Bonchev–Trinajstić information content (AvgIpc) is 2.99. The van der Waals surface area contributed by atoms with Gasteiger partial charge in [0.15, 0.2) is 0 Å². The summed E-state index contributed by atoms with van der Waals surface area (Å²) in [7, 11) is 0. The first-order chi connectivity index (χ1) is 13.6. The van der Waals surface area contributed by atoms with Crippen LogP contribution in [-0.2, 0) is 0 Å². The van der Waals surface area contributed by atoms with Gasteiger partial charge in [-0.3, -0.25) is 0 Å². The second-order valence-corrected chi connectivity index (χ2v) is 12.8. The summed E-state index contributed by atoms with van der Waals surface area (Å²) in [5.74, 6) is 4.94. The molecule has 2 nitrogen and oxygen atoms in total. The molecule has 4 aliphatic carbocycles. The molecule has 0 aromatic heterocycles. The van der Waals surface area contributed by atoms with Crippen LogP contribution >= 0.6 is 0 Å². The normalized spacial score (nSPS) is 50.7. The lowest BCUT2D eigenvalue weighted by molar-refractivity contribution is -0.220. The van der Waals surface area contributed by atoms with Crippen molar-refractivity contribution >= 4 is 0 Å². The molecule has 0 bridgehead atoms. The van der Waals surface area contributed by atoms with Crippen molar-refractivity contribution in [3.63, 3.8) is 0 Å². The molecule has 0 saturated heterocycles. The van der Waals surface area contributed by atoms with Gasteiger partial charge in [-0.15, -0.1) is 0 Å². The minimum Gasteiger partial charge on any atom is -0.393 e. The number of fused-ring (bicyclic) bond motifs is 5. The van der Waals surface area contributed by atoms with Gasteiger partial charge in [0, 0.05) is 6.42 Å². The highest BCUT2D eigenvalue weighted by Gasteiger charge is 2.64. The van der Waals surface area contributed by atoms with E-state index in [1.165, 1.54) is 51.4 Å². The molecule has 0 radical (unpaired) electrons. The fraction of sp³-hybridized carbons (Fsp3) is 1.00. The molecule has 0 aromatic rings. The summed E-state index contributed by atoms with van der Waals surface area (Å²) in [6, 6.07) is 0. The van der Waals surface area contributed by atoms with Gasteiger partial charge in [0.25, 0.3) is 0 Å². The van der Waals surface area contributed by atoms with Crippen LogP contribution in [0, 0.1) is 46.3 Å². The third-order valence-corrected chi connectivity index (χ3v) is 11.0. The van der Waals surface area contributed by atoms with Gasteiger partial charge in [-0.25, -0.2) is 0 Å². The summed E-state index contributed by atoms with van der Waals surface area (Å²) < 4.78 is 0. The Morgan fingerprint density at radius 1 is 0.862 bits per heavy atom. The van der Waals surface area contributed by atoms with E-state index in [0.717, 1.165) is 48.9 Å². The highest BCUT2D eigenvalue weighted by Crippen LogP contribution is 2.69. The van der Waals surface area contributed by atoms with E-state index < -0.39 is 5.60 Å². The molecular formula is C27H48O2. The summed E-state index contributed by atoms with van der Waals surface area (Å²) >= 11 is 0. The van der Waals surface area contributed by atoms with Crippen LogP contribution in [0.25, 0.3) is 0 Å². The van der Waals surface area contributed by atoms with Crippen LogP contribution in [-0.4, -0.2) is 21.9 Å². The Bertz CT molecular complexity index is 587. The molecule has 0 amide bonds. The van der Waals surface area contributed by atoms with E-state index >= 15 is 0 Å². The minimum atomic E-state index is -0.623. The molecule has 0 spiro atoms. The average molecular weight is 405 g/mol. The Kier molecular flexibility index (Phi) is 5.95. The van der Waals surface area contributed by atoms with Crippen LogP contribution in [0.15, 0.2) is 0 Å². The Morgan fingerprint density at radius 2 is 1.62 bits per heavy atom. The first kappa shape index (κ1) is 22.1. The summed E-state index contributed by atoms with van der Waals surface area (Å²) in [5.41, 5.74) is -0.0719. The molecule has 2 heteroatoms. The van der Waals surface area contributed by atoms with Crippen LogP contribution in [0.4, 0.5) is 0 Å². The predicted octanol–water partition coefficient (Wildman–Crippen LogP) is 6.58. The van der Waals surface area contributed by atoms with Crippen molar-refractivity contribution in [3.8, 4) is 0 Å². The largest absolute Gasteiger partial charge is 0.393 e. The quantitative estimate of drug-likeness (QED) is 0.543. The van der Waals surface area contributed by atoms with E-state index in [9.17, 15) is 10.2 Å². The lowest BCUT2D eigenvalue weighted by Gasteiger charge is -2.64. The molecule has 0 aromatic carbocycles. The summed E-state index contributed by atoms with van der Waals surface area (Å²) in [6.45, 7) is 12.3. The topological polar surface area (TPSA) is 40.5 Å². The van der Waals surface area contributed by atoms with Gasteiger partial charge in [0.05, 0.1) is 11.7 Å². The third kappa shape index (κ3) is 3.53. The number of aliphatic hydroxyl groups is 2. The van der Waals surface area contributed by atoms with Crippen molar-refractivity contribution in [1.82, 2.24) is 0 Å². The Hall–Kier alpha value is -0.0800. The van der Waals surface area contributed by atoms with Gasteiger partial charge in [0.1, 0.15) is 0 Å². The van der Waals surface area contributed by atoms with Gasteiger partial charge < -0.3 is 10.2 Å². The van der Waals surface area contributed by atoms with E-state index in [1.54, 1.807) is 0 Å².